The first kappa shape index (κ1) is 23.4. The third-order valence-electron chi connectivity index (χ3n) is 4.16. The zero-order chi connectivity index (χ0) is 20.4. The van der Waals surface area contributed by atoms with Crippen molar-refractivity contribution in [1.82, 2.24) is 9.21 Å². The summed E-state index contributed by atoms with van der Waals surface area (Å²) < 4.78 is 32.8. The molecule has 1 amide bonds. The van der Waals surface area contributed by atoms with Crippen LogP contribution in [0.1, 0.15) is 40.5 Å². The predicted molar refractivity (Wildman–Crippen MR) is 109 cm³/mol. The molecule has 1 rings (SSSR count). The number of hydrogen-bond acceptors (Lipinski definition) is 5. The molecule has 154 valence electrons. The topological polar surface area (TPSA) is 79.0 Å². The van der Waals surface area contributed by atoms with Crippen LogP contribution < -0.4 is 10.1 Å². The summed E-state index contributed by atoms with van der Waals surface area (Å²) in [5.74, 6) is 0.117. The van der Waals surface area contributed by atoms with E-state index in [1.165, 1.54) is 10.4 Å². The van der Waals surface area contributed by atoms with Gasteiger partial charge in [-0.3, -0.25) is 9.69 Å². The van der Waals surface area contributed by atoms with Crippen LogP contribution in [-0.2, 0) is 14.8 Å². The van der Waals surface area contributed by atoms with E-state index in [0.717, 1.165) is 19.4 Å². The molecule has 0 fully saturated rings. The highest BCUT2D eigenvalue weighted by molar-refractivity contribution is 7.89. The lowest BCUT2D eigenvalue weighted by Crippen LogP contribution is -2.32. The number of amides is 1. The maximum atomic E-state index is 12.9. The van der Waals surface area contributed by atoms with E-state index in [9.17, 15) is 13.2 Å². The standard InChI is InChI=1S/C19H33N3O4S/c1-6-10-13-21(5)15-19(23)20-16-11-12-17(26-9-4)18(14-16)27(24,25)22(7-2)8-3/h11-12,14H,6-10,13,15H2,1-5H3,(H,20,23). The van der Waals surface area contributed by atoms with Gasteiger partial charge < -0.3 is 10.1 Å². The number of anilines is 1. The van der Waals surface area contributed by atoms with Crippen LogP contribution in [0.5, 0.6) is 5.75 Å². The van der Waals surface area contributed by atoms with E-state index in [0.29, 0.717) is 31.1 Å². The number of nitrogens with one attached hydrogen (secondary N) is 1. The summed E-state index contributed by atoms with van der Waals surface area (Å²) in [5.41, 5.74) is 0.443. The minimum atomic E-state index is -3.70. The second kappa shape index (κ2) is 11.3. The first-order valence-electron chi connectivity index (χ1n) is 9.55. The summed E-state index contributed by atoms with van der Waals surface area (Å²) in [6.07, 6.45) is 2.09. The van der Waals surface area contributed by atoms with E-state index in [4.69, 9.17) is 4.74 Å². The molecule has 0 spiro atoms. The van der Waals surface area contributed by atoms with Crippen molar-refractivity contribution in [3.8, 4) is 5.75 Å². The number of likely N-dealkylation sites (N-methyl/N-ethyl adjacent to an activating group) is 1. The lowest BCUT2D eigenvalue weighted by Gasteiger charge is -2.21. The fourth-order valence-corrected chi connectivity index (χ4v) is 4.33. The zero-order valence-electron chi connectivity index (χ0n) is 17.1. The maximum Gasteiger partial charge on any atom is 0.246 e. The second-order valence-corrected chi connectivity index (χ2v) is 8.23. The molecule has 27 heavy (non-hydrogen) atoms. The smallest absolute Gasteiger partial charge is 0.246 e. The zero-order valence-corrected chi connectivity index (χ0v) is 17.9. The van der Waals surface area contributed by atoms with E-state index in [-0.39, 0.29) is 17.3 Å². The van der Waals surface area contributed by atoms with Crippen molar-refractivity contribution < 1.29 is 17.9 Å². The van der Waals surface area contributed by atoms with Crippen molar-refractivity contribution >= 4 is 21.6 Å². The number of carbonyl (C=O) groups excluding carboxylic acids is 1. The summed E-state index contributed by atoms with van der Waals surface area (Å²) in [4.78, 5) is 14.3. The molecule has 1 aromatic rings. The third kappa shape index (κ3) is 6.79. The highest BCUT2D eigenvalue weighted by atomic mass is 32.2. The van der Waals surface area contributed by atoms with E-state index < -0.39 is 10.0 Å². The molecule has 0 aromatic heterocycles. The van der Waals surface area contributed by atoms with Crippen LogP contribution in [0, 0.1) is 0 Å². The largest absolute Gasteiger partial charge is 0.492 e. The number of ether oxygens (including phenoxy) is 1. The Labute approximate surface area is 163 Å². The summed E-state index contributed by atoms with van der Waals surface area (Å²) in [5, 5.41) is 2.79. The summed E-state index contributed by atoms with van der Waals surface area (Å²) >= 11 is 0. The van der Waals surface area contributed by atoms with Gasteiger partial charge in [0.2, 0.25) is 15.9 Å². The average Bonchev–Trinajstić information content (AvgIpc) is 2.62. The van der Waals surface area contributed by atoms with Gasteiger partial charge in [-0.25, -0.2) is 8.42 Å². The molecule has 0 unspecified atom stereocenters. The van der Waals surface area contributed by atoms with E-state index in [1.54, 1.807) is 32.9 Å². The van der Waals surface area contributed by atoms with Crippen molar-refractivity contribution in [2.75, 3.05) is 45.2 Å². The molecule has 1 N–H and O–H groups in total. The van der Waals surface area contributed by atoms with Crippen molar-refractivity contribution in [3.63, 3.8) is 0 Å². The minimum absolute atomic E-state index is 0.0742. The number of nitrogens with zero attached hydrogens (tertiary/aromatic N) is 2. The number of sulfonamides is 1. The van der Waals surface area contributed by atoms with Crippen LogP contribution in [-0.4, -0.2) is 63.4 Å². The molecule has 0 heterocycles. The summed E-state index contributed by atoms with van der Waals surface area (Å²) in [7, 11) is -1.81. The van der Waals surface area contributed by atoms with Crippen molar-refractivity contribution in [2.45, 2.75) is 45.4 Å². The fourth-order valence-electron chi connectivity index (χ4n) is 2.72. The minimum Gasteiger partial charge on any atom is -0.492 e. The van der Waals surface area contributed by atoms with Gasteiger partial charge in [0.1, 0.15) is 10.6 Å². The summed E-state index contributed by atoms with van der Waals surface area (Å²) in [6, 6.07) is 4.73. The van der Waals surface area contributed by atoms with Crippen molar-refractivity contribution in [3.05, 3.63) is 18.2 Å². The Balaban J connectivity index is 3.06. The van der Waals surface area contributed by atoms with Crippen molar-refractivity contribution in [2.24, 2.45) is 0 Å². The molecule has 8 heteroatoms. The monoisotopic (exact) mass is 399 g/mol. The molecule has 0 aliphatic heterocycles. The van der Waals surface area contributed by atoms with Gasteiger partial charge in [0, 0.05) is 18.8 Å². The second-order valence-electron chi connectivity index (χ2n) is 6.32. The first-order valence-corrected chi connectivity index (χ1v) is 11.0. The highest BCUT2D eigenvalue weighted by Gasteiger charge is 2.26. The lowest BCUT2D eigenvalue weighted by atomic mass is 10.3. The molecule has 7 nitrogen and oxygen atoms in total. The Kier molecular flexibility index (Phi) is 9.76. The van der Waals surface area contributed by atoms with Crippen LogP contribution in [0.4, 0.5) is 5.69 Å². The maximum absolute atomic E-state index is 12.9. The molecule has 1 aromatic carbocycles. The van der Waals surface area contributed by atoms with Gasteiger partial charge in [0.05, 0.1) is 13.2 Å². The first-order chi connectivity index (χ1) is 12.8. The van der Waals surface area contributed by atoms with Gasteiger partial charge in [-0.1, -0.05) is 27.2 Å². The fraction of sp³-hybridized carbons (Fsp3) is 0.632. The average molecular weight is 400 g/mol. The Bertz CT molecular complexity index is 703. The molecule has 0 aliphatic rings. The van der Waals surface area contributed by atoms with E-state index >= 15 is 0 Å². The Morgan fingerprint density at radius 1 is 1.15 bits per heavy atom. The number of rotatable bonds is 12. The van der Waals surface area contributed by atoms with Gasteiger partial charge in [-0.05, 0) is 45.1 Å². The van der Waals surface area contributed by atoms with Gasteiger partial charge in [0.15, 0.2) is 0 Å². The lowest BCUT2D eigenvalue weighted by molar-refractivity contribution is -0.117. The predicted octanol–water partition coefficient (Wildman–Crippen LogP) is 2.79. The number of unbranched alkanes of at least 4 members (excludes halogenated alkanes) is 1. The molecule has 0 saturated heterocycles. The molecular formula is C19H33N3O4S. The van der Waals surface area contributed by atoms with Crippen LogP contribution in [0.3, 0.4) is 0 Å². The molecule has 0 saturated carbocycles. The molecular weight excluding hydrogens is 366 g/mol. The Morgan fingerprint density at radius 3 is 2.37 bits per heavy atom. The Morgan fingerprint density at radius 2 is 1.81 bits per heavy atom. The van der Waals surface area contributed by atoms with Crippen LogP contribution >= 0.6 is 0 Å². The van der Waals surface area contributed by atoms with Gasteiger partial charge in [0.25, 0.3) is 0 Å². The van der Waals surface area contributed by atoms with Gasteiger partial charge >= 0.3 is 0 Å². The Hall–Kier alpha value is -1.64. The van der Waals surface area contributed by atoms with Gasteiger partial charge in [-0.15, -0.1) is 0 Å². The quantitative estimate of drug-likeness (QED) is 0.585. The van der Waals surface area contributed by atoms with Crippen molar-refractivity contribution in [1.29, 1.82) is 0 Å². The van der Waals surface area contributed by atoms with Gasteiger partial charge in [-0.2, -0.15) is 4.31 Å². The molecule has 0 radical (unpaired) electrons. The number of benzene rings is 1. The third-order valence-corrected chi connectivity index (χ3v) is 6.23. The highest BCUT2D eigenvalue weighted by Crippen LogP contribution is 2.30. The molecule has 0 bridgehead atoms. The van der Waals surface area contributed by atoms with E-state index in [1.807, 2.05) is 11.9 Å². The number of hydrogen-bond donors (Lipinski definition) is 1. The number of carbonyl (C=O) groups is 1. The normalized spacial score (nSPS) is 11.8. The van der Waals surface area contributed by atoms with E-state index in [2.05, 4.69) is 12.2 Å². The van der Waals surface area contributed by atoms with Crippen LogP contribution in [0.2, 0.25) is 0 Å². The van der Waals surface area contributed by atoms with Crippen LogP contribution in [0.15, 0.2) is 23.1 Å². The summed E-state index contributed by atoms with van der Waals surface area (Å²) in [6.45, 7) is 9.67. The molecule has 0 aliphatic carbocycles. The van der Waals surface area contributed by atoms with Crippen LogP contribution in [0.25, 0.3) is 0 Å². The molecule has 0 atom stereocenters. The SMILES string of the molecule is CCCCN(C)CC(=O)Nc1ccc(OCC)c(S(=O)(=O)N(CC)CC)c1.